The second-order valence-corrected chi connectivity index (χ2v) is 4.22. The molecular weight excluding hydrogens is 241 g/mol. The smallest absolute Gasteiger partial charge is 0.149 e. The fraction of sp³-hybridized carbons (Fsp3) is 0.250. The Morgan fingerprint density at radius 2 is 2.24 bits per heavy atom. The number of aromatic nitrogens is 2. The lowest BCUT2D eigenvalue weighted by Gasteiger charge is -2.06. The van der Waals surface area contributed by atoms with Gasteiger partial charge >= 0.3 is 0 Å². The fourth-order valence-corrected chi connectivity index (χ4v) is 2.08. The summed E-state index contributed by atoms with van der Waals surface area (Å²) >= 11 is 6.02. The molecule has 1 aromatic heterocycles. The van der Waals surface area contributed by atoms with E-state index in [1.807, 2.05) is 6.92 Å². The topological polar surface area (TPSA) is 54.7 Å². The molecule has 0 saturated carbocycles. The van der Waals surface area contributed by atoms with E-state index in [-0.39, 0.29) is 5.82 Å². The van der Waals surface area contributed by atoms with Crippen molar-refractivity contribution < 1.29 is 4.39 Å². The van der Waals surface area contributed by atoms with Crippen LogP contribution in [0.25, 0.3) is 11.3 Å². The predicted molar refractivity (Wildman–Crippen MR) is 67.4 cm³/mol. The van der Waals surface area contributed by atoms with E-state index in [0.717, 1.165) is 18.4 Å². The quantitative estimate of drug-likeness (QED) is 0.881. The molecule has 90 valence electrons. The summed E-state index contributed by atoms with van der Waals surface area (Å²) in [6, 6.07) is 4.58. The number of nitrogens with zero attached hydrogens (tertiary/aromatic N) is 1. The van der Waals surface area contributed by atoms with Crippen molar-refractivity contribution in [2.24, 2.45) is 0 Å². The summed E-state index contributed by atoms with van der Waals surface area (Å²) in [5.74, 6) is 0.0275. The number of hydrogen-bond acceptors (Lipinski definition) is 2. The lowest BCUT2D eigenvalue weighted by atomic mass is 10.0. The molecule has 1 heterocycles. The van der Waals surface area contributed by atoms with E-state index in [0.29, 0.717) is 22.1 Å². The van der Waals surface area contributed by atoms with Crippen LogP contribution >= 0.6 is 11.6 Å². The van der Waals surface area contributed by atoms with Gasteiger partial charge in [0.25, 0.3) is 0 Å². The first kappa shape index (κ1) is 11.9. The summed E-state index contributed by atoms with van der Waals surface area (Å²) in [5.41, 5.74) is 7.49. The van der Waals surface area contributed by atoms with Crippen molar-refractivity contribution in [3.8, 4) is 11.3 Å². The average Bonchev–Trinajstić information content (AvgIpc) is 2.62. The molecule has 0 fully saturated rings. The maximum absolute atomic E-state index is 13.8. The van der Waals surface area contributed by atoms with Gasteiger partial charge in [-0.05, 0) is 18.6 Å². The highest BCUT2D eigenvalue weighted by Gasteiger charge is 2.17. The third kappa shape index (κ3) is 2.13. The molecule has 3 nitrogen and oxygen atoms in total. The van der Waals surface area contributed by atoms with Crippen LogP contribution in [0.2, 0.25) is 5.02 Å². The molecule has 0 unspecified atom stereocenters. The summed E-state index contributed by atoms with van der Waals surface area (Å²) in [4.78, 5) is 0. The zero-order valence-corrected chi connectivity index (χ0v) is 10.2. The van der Waals surface area contributed by atoms with E-state index in [1.54, 1.807) is 12.1 Å². The first-order chi connectivity index (χ1) is 8.15. The number of benzene rings is 1. The highest BCUT2D eigenvalue weighted by Crippen LogP contribution is 2.33. The third-order valence-corrected chi connectivity index (χ3v) is 2.93. The van der Waals surface area contributed by atoms with Crippen LogP contribution in [0.3, 0.4) is 0 Å². The Morgan fingerprint density at radius 3 is 2.88 bits per heavy atom. The van der Waals surface area contributed by atoms with Crippen molar-refractivity contribution in [1.82, 2.24) is 10.2 Å². The number of aromatic amines is 1. The number of rotatable bonds is 3. The minimum Gasteiger partial charge on any atom is -0.382 e. The highest BCUT2D eigenvalue weighted by atomic mass is 35.5. The SMILES string of the molecule is CCCc1c(N)n[nH]c1-c1c(F)cccc1Cl. The Morgan fingerprint density at radius 1 is 1.47 bits per heavy atom. The summed E-state index contributed by atoms with van der Waals surface area (Å²) < 4.78 is 13.8. The van der Waals surface area contributed by atoms with Crippen molar-refractivity contribution in [3.63, 3.8) is 0 Å². The molecule has 0 aliphatic carbocycles. The highest BCUT2D eigenvalue weighted by molar-refractivity contribution is 6.33. The summed E-state index contributed by atoms with van der Waals surface area (Å²) in [7, 11) is 0. The number of nitrogens with one attached hydrogen (secondary N) is 1. The van der Waals surface area contributed by atoms with E-state index >= 15 is 0 Å². The Kier molecular flexibility index (Phi) is 3.33. The molecule has 0 atom stereocenters. The van der Waals surface area contributed by atoms with Gasteiger partial charge in [0, 0.05) is 5.56 Å². The lowest BCUT2D eigenvalue weighted by molar-refractivity contribution is 0.630. The zero-order valence-electron chi connectivity index (χ0n) is 9.43. The summed E-state index contributed by atoms with van der Waals surface area (Å²) in [6.45, 7) is 2.03. The van der Waals surface area contributed by atoms with Crippen molar-refractivity contribution in [2.45, 2.75) is 19.8 Å². The van der Waals surface area contributed by atoms with E-state index in [2.05, 4.69) is 10.2 Å². The van der Waals surface area contributed by atoms with Crippen molar-refractivity contribution >= 4 is 17.4 Å². The van der Waals surface area contributed by atoms with Gasteiger partial charge in [-0.2, -0.15) is 5.10 Å². The molecule has 0 aliphatic heterocycles. The second kappa shape index (κ2) is 4.75. The number of hydrogen-bond donors (Lipinski definition) is 2. The zero-order chi connectivity index (χ0) is 12.4. The van der Waals surface area contributed by atoms with Crippen LogP contribution in [0.15, 0.2) is 18.2 Å². The van der Waals surface area contributed by atoms with Gasteiger partial charge in [-0.25, -0.2) is 4.39 Å². The second-order valence-electron chi connectivity index (χ2n) is 3.81. The average molecular weight is 254 g/mol. The van der Waals surface area contributed by atoms with E-state index in [4.69, 9.17) is 17.3 Å². The minimum absolute atomic E-state index is 0.335. The molecule has 1 aromatic carbocycles. The number of anilines is 1. The van der Waals surface area contributed by atoms with Crippen LogP contribution in [0, 0.1) is 5.82 Å². The summed E-state index contributed by atoms with van der Waals surface area (Å²) in [6.07, 6.45) is 1.64. The molecule has 2 rings (SSSR count). The van der Waals surface area contributed by atoms with Gasteiger partial charge in [-0.15, -0.1) is 0 Å². The van der Waals surface area contributed by atoms with Gasteiger partial charge in [-0.1, -0.05) is 31.0 Å². The molecule has 0 radical (unpaired) electrons. The van der Waals surface area contributed by atoms with Gasteiger partial charge in [-0.3, -0.25) is 5.10 Å². The standard InChI is InChI=1S/C12H13ClFN3/c1-2-4-7-11(16-17-12(7)15)10-8(13)5-3-6-9(10)14/h3,5-6H,2,4H2,1H3,(H3,15,16,17). The molecular formula is C12H13ClFN3. The van der Waals surface area contributed by atoms with Gasteiger partial charge in [0.15, 0.2) is 0 Å². The molecule has 3 N–H and O–H groups in total. The van der Waals surface area contributed by atoms with Crippen molar-refractivity contribution in [3.05, 3.63) is 34.6 Å². The Hall–Kier alpha value is -1.55. The van der Waals surface area contributed by atoms with E-state index < -0.39 is 0 Å². The third-order valence-electron chi connectivity index (χ3n) is 2.61. The van der Waals surface area contributed by atoms with Crippen LogP contribution in [-0.2, 0) is 6.42 Å². The van der Waals surface area contributed by atoms with Crippen molar-refractivity contribution in [2.75, 3.05) is 5.73 Å². The normalized spacial score (nSPS) is 10.8. The Balaban J connectivity index is 2.60. The number of halogens is 2. The van der Waals surface area contributed by atoms with Gasteiger partial charge < -0.3 is 5.73 Å². The number of H-pyrrole nitrogens is 1. The number of nitrogens with two attached hydrogens (primary N) is 1. The monoisotopic (exact) mass is 253 g/mol. The van der Waals surface area contributed by atoms with Crippen LogP contribution in [-0.4, -0.2) is 10.2 Å². The molecule has 0 saturated heterocycles. The predicted octanol–water partition coefficient (Wildman–Crippen LogP) is 3.40. The Bertz CT molecular complexity index is 516. The molecule has 0 aliphatic rings. The van der Waals surface area contributed by atoms with Gasteiger partial charge in [0.1, 0.15) is 11.6 Å². The fourth-order valence-electron chi connectivity index (χ4n) is 1.83. The Labute approximate surface area is 104 Å². The minimum atomic E-state index is -0.376. The van der Waals surface area contributed by atoms with Crippen LogP contribution < -0.4 is 5.73 Å². The molecule has 0 amide bonds. The van der Waals surface area contributed by atoms with Crippen LogP contribution in [0.1, 0.15) is 18.9 Å². The molecule has 0 bridgehead atoms. The molecule has 5 heteroatoms. The van der Waals surface area contributed by atoms with Crippen LogP contribution in [0.4, 0.5) is 10.2 Å². The maximum Gasteiger partial charge on any atom is 0.149 e. The molecule has 0 spiro atoms. The number of nitrogen functional groups attached to an aromatic ring is 1. The lowest BCUT2D eigenvalue weighted by Crippen LogP contribution is -1.94. The maximum atomic E-state index is 13.8. The largest absolute Gasteiger partial charge is 0.382 e. The van der Waals surface area contributed by atoms with Crippen LogP contribution in [0.5, 0.6) is 0 Å². The first-order valence-corrected chi connectivity index (χ1v) is 5.80. The molecule has 17 heavy (non-hydrogen) atoms. The first-order valence-electron chi connectivity index (χ1n) is 5.42. The van der Waals surface area contributed by atoms with Crippen molar-refractivity contribution in [1.29, 1.82) is 0 Å². The van der Waals surface area contributed by atoms with Gasteiger partial charge in [0.2, 0.25) is 0 Å². The van der Waals surface area contributed by atoms with E-state index in [9.17, 15) is 4.39 Å². The molecule has 2 aromatic rings. The summed E-state index contributed by atoms with van der Waals surface area (Å²) in [5, 5.41) is 7.03. The van der Waals surface area contributed by atoms with E-state index in [1.165, 1.54) is 6.07 Å². The van der Waals surface area contributed by atoms with Gasteiger partial charge in [0.05, 0.1) is 16.3 Å².